The fourth-order valence-electron chi connectivity index (χ4n) is 2.22. The van der Waals surface area contributed by atoms with Crippen LogP contribution < -0.4 is 14.8 Å². The SMILES string of the molecule is COc1cc2ncnc(Nc3c(Br)cccc3Br)c2cc1OC. The predicted molar refractivity (Wildman–Crippen MR) is 97.8 cm³/mol. The highest BCUT2D eigenvalue weighted by Crippen LogP contribution is 2.37. The molecule has 1 heterocycles. The van der Waals surface area contributed by atoms with Crippen LogP contribution in [0.5, 0.6) is 11.5 Å². The molecule has 1 aromatic heterocycles. The smallest absolute Gasteiger partial charge is 0.162 e. The van der Waals surface area contributed by atoms with Gasteiger partial charge in [-0.2, -0.15) is 0 Å². The monoisotopic (exact) mass is 437 g/mol. The first kappa shape index (κ1) is 16.0. The molecule has 0 atom stereocenters. The molecule has 0 aliphatic carbocycles. The van der Waals surface area contributed by atoms with E-state index >= 15 is 0 Å². The van der Waals surface area contributed by atoms with Crippen molar-refractivity contribution in [1.29, 1.82) is 0 Å². The molecule has 0 saturated carbocycles. The number of nitrogens with one attached hydrogen (secondary N) is 1. The van der Waals surface area contributed by atoms with Crippen LogP contribution in [0.4, 0.5) is 11.5 Å². The van der Waals surface area contributed by atoms with Crippen LogP contribution in [0.2, 0.25) is 0 Å². The molecule has 3 rings (SSSR count). The molecule has 3 aromatic rings. The predicted octanol–water partition coefficient (Wildman–Crippen LogP) is 4.92. The van der Waals surface area contributed by atoms with E-state index in [-0.39, 0.29) is 0 Å². The summed E-state index contributed by atoms with van der Waals surface area (Å²) in [7, 11) is 3.20. The quantitative estimate of drug-likeness (QED) is 0.626. The molecule has 0 spiro atoms. The summed E-state index contributed by atoms with van der Waals surface area (Å²) < 4.78 is 12.5. The standard InChI is InChI=1S/C16H13Br2N3O2/c1-22-13-6-9-12(7-14(13)23-2)19-8-20-16(9)21-15-10(17)4-3-5-11(15)18/h3-8H,1-2H3,(H,19,20,21). The zero-order valence-electron chi connectivity index (χ0n) is 12.4. The van der Waals surface area contributed by atoms with Crippen molar-refractivity contribution in [2.75, 3.05) is 19.5 Å². The van der Waals surface area contributed by atoms with Gasteiger partial charge in [0.15, 0.2) is 11.5 Å². The van der Waals surface area contributed by atoms with Gasteiger partial charge in [0.25, 0.3) is 0 Å². The molecular weight excluding hydrogens is 426 g/mol. The first-order chi connectivity index (χ1) is 11.1. The minimum Gasteiger partial charge on any atom is -0.493 e. The van der Waals surface area contributed by atoms with Crippen LogP contribution in [-0.4, -0.2) is 24.2 Å². The Hall–Kier alpha value is -1.86. The Kier molecular flexibility index (Phi) is 4.68. The van der Waals surface area contributed by atoms with Crippen LogP contribution >= 0.6 is 31.9 Å². The molecule has 0 saturated heterocycles. The number of aromatic nitrogens is 2. The molecule has 0 fully saturated rings. The maximum Gasteiger partial charge on any atom is 0.162 e. The van der Waals surface area contributed by atoms with E-state index in [1.807, 2.05) is 30.3 Å². The van der Waals surface area contributed by atoms with E-state index in [1.165, 1.54) is 6.33 Å². The highest BCUT2D eigenvalue weighted by molar-refractivity contribution is 9.11. The first-order valence-corrected chi connectivity index (χ1v) is 8.30. The largest absolute Gasteiger partial charge is 0.493 e. The van der Waals surface area contributed by atoms with Crippen LogP contribution in [0.15, 0.2) is 45.6 Å². The number of fused-ring (bicyclic) bond motifs is 1. The first-order valence-electron chi connectivity index (χ1n) is 6.72. The van der Waals surface area contributed by atoms with E-state index in [4.69, 9.17) is 9.47 Å². The van der Waals surface area contributed by atoms with Gasteiger partial charge in [-0.25, -0.2) is 9.97 Å². The summed E-state index contributed by atoms with van der Waals surface area (Å²) in [5.41, 5.74) is 1.66. The number of rotatable bonds is 4. The van der Waals surface area contributed by atoms with Crippen LogP contribution in [0.1, 0.15) is 0 Å². The topological polar surface area (TPSA) is 56.3 Å². The lowest BCUT2D eigenvalue weighted by molar-refractivity contribution is 0.356. The number of hydrogen-bond donors (Lipinski definition) is 1. The average Bonchev–Trinajstić information content (AvgIpc) is 2.57. The lowest BCUT2D eigenvalue weighted by atomic mass is 10.2. The fraction of sp³-hybridized carbons (Fsp3) is 0.125. The lowest BCUT2D eigenvalue weighted by Crippen LogP contribution is -1.99. The molecule has 1 N–H and O–H groups in total. The number of nitrogens with zero attached hydrogens (tertiary/aromatic N) is 2. The van der Waals surface area contributed by atoms with Crippen molar-refractivity contribution >= 4 is 54.3 Å². The molecule has 7 heteroatoms. The Morgan fingerprint density at radius 2 is 1.61 bits per heavy atom. The second kappa shape index (κ2) is 6.72. The summed E-state index contributed by atoms with van der Waals surface area (Å²) in [5, 5.41) is 4.17. The molecule has 0 amide bonds. The van der Waals surface area contributed by atoms with Gasteiger partial charge in [0.1, 0.15) is 12.1 Å². The number of para-hydroxylation sites is 1. The minimum atomic E-state index is 0.629. The van der Waals surface area contributed by atoms with Crippen molar-refractivity contribution in [3.63, 3.8) is 0 Å². The summed E-state index contributed by atoms with van der Waals surface area (Å²) >= 11 is 7.08. The molecule has 2 aromatic carbocycles. The Morgan fingerprint density at radius 3 is 2.26 bits per heavy atom. The summed E-state index contributed by atoms with van der Waals surface area (Å²) in [4.78, 5) is 8.66. The van der Waals surface area contributed by atoms with Crippen molar-refractivity contribution < 1.29 is 9.47 Å². The Morgan fingerprint density at radius 1 is 0.957 bits per heavy atom. The molecule has 118 valence electrons. The van der Waals surface area contributed by atoms with E-state index in [9.17, 15) is 0 Å². The van der Waals surface area contributed by atoms with Crippen molar-refractivity contribution in [1.82, 2.24) is 9.97 Å². The highest BCUT2D eigenvalue weighted by Gasteiger charge is 2.13. The van der Waals surface area contributed by atoms with E-state index in [2.05, 4.69) is 47.1 Å². The van der Waals surface area contributed by atoms with Gasteiger partial charge in [0.05, 0.1) is 25.4 Å². The molecule has 5 nitrogen and oxygen atoms in total. The second-order valence-corrected chi connectivity index (χ2v) is 6.38. The van der Waals surface area contributed by atoms with Crippen LogP contribution in [-0.2, 0) is 0 Å². The van der Waals surface area contributed by atoms with Crippen LogP contribution in [0.3, 0.4) is 0 Å². The summed E-state index contributed by atoms with van der Waals surface area (Å²) in [6, 6.07) is 9.56. The average molecular weight is 439 g/mol. The van der Waals surface area contributed by atoms with E-state index in [0.717, 1.165) is 25.5 Å². The summed E-state index contributed by atoms with van der Waals surface area (Å²) in [6.07, 6.45) is 1.52. The molecule has 0 unspecified atom stereocenters. The zero-order valence-corrected chi connectivity index (χ0v) is 15.6. The van der Waals surface area contributed by atoms with Gasteiger partial charge in [0.2, 0.25) is 0 Å². The lowest BCUT2D eigenvalue weighted by Gasteiger charge is -2.13. The molecule has 23 heavy (non-hydrogen) atoms. The molecule has 0 aliphatic rings. The minimum absolute atomic E-state index is 0.629. The Labute approximate surface area is 150 Å². The second-order valence-electron chi connectivity index (χ2n) is 4.67. The third kappa shape index (κ3) is 3.11. The van der Waals surface area contributed by atoms with Gasteiger partial charge in [-0.1, -0.05) is 6.07 Å². The molecule has 0 radical (unpaired) electrons. The normalized spacial score (nSPS) is 10.6. The van der Waals surface area contributed by atoms with Crippen molar-refractivity contribution in [2.45, 2.75) is 0 Å². The van der Waals surface area contributed by atoms with Gasteiger partial charge < -0.3 is 14.8 Å². The number of benzene rings is 2. The molecular formula is C16H13Br2N3O2. The third-order valence-electron chi connectivity index (χ3n) is 3.35. The number of methoxy groups -OCH3 is 2. The van der Waals surface area contributed by atoms with Gasteiger partial charge in [-0.15, -0.1) is 0 Å². The Bertz CT molecular complexity index is 851. The van der Waals surface area contributed by atoms with Gasteiger partial charge in [-0.3, -0.25) is 0 Å². The molecule has 0 aliphatic heterocycles. The summed E-state index contributed by atoms with van der Waals surface area (Å²) in [6.45, 7) is 0. The van der Waals surface area contributed by atoms with Crippen molar-refractivity contribution in [3.8, 4) is 11.5 Å². The van der Waals surface area contributed by atoms with Crippen LogP contribution in [0.25, 0.3) is 10.9 Å². The Balaban J connectivity index is 2.14. The number of hydrogen-bond acceptors (Lipinski definition) is 5. The zero-order chi connectivity index (χ0) is 16.4. The third-order valence-corrected chi connectivity index (χ3v) is 4.67. The van der Waals surface area contributed by atoms with Gasteiger partial charge in [0, 0.05) is 20.4 Å². The highest BCUT2D eigenvalue weighted by atomic mass is 79.9. The number of anilines is 2. The number of ether oxygens (including phenoxy) is 2. The van der Waals surface area contributed by atoms with E-state index in [1.54, 1.807) is 14.2 Å². The maximum absolute atomic E-state index is 5.37. The van der Waals surface area contributed by atoms with Gasteiger partial charge >= 0.3 is 0 Å². The molecule has 0 bridgehead atoms. The summed E-state index contributed by atoms with van der Waals surface area (Å²) in [5.74, 6) is 1.94. The van der Waals surface area contributed by atoms with Gasteiger partial charge in [-0.05, 0) is 50.1 Å². The van der Waals surface area contributed by atoms with E-state index < -0.39 is 0 Å². The van der Waals surface area contributed by atoms with Crippen LogP contribution in [0, 0.1) is 0 Å². The number of halogens is 2. The fourth-order valence-corrected chi connectivity index (χ4v) is 3.42. The van der Waals surface area contributed by atoms with Crippen molar-refractivity contribution in [2.24, 2.45) is 0 Å². The maximum atomic E-state index is 5.37. The van der Waals surface area contributed by atoms with Crippen molar-refractivity contribution in [3.05, 3.63) is 45.6 Å². The van der Waals surface area contributed by atoms with E-state index in [0.29, 0.717) is 17.3 Å².